The van der Waals surface area contributed by atoms with E-state index in [1.54, 1.807) is 0 Å². The molecule has 0 unspecified atom stereocenters. The Labute approximate surface area is 32.2 Å². The predicted octanol–water partition coefficient (Wildman–Crippen LogP) is -1.15. The van der Waals surface area contributed by atoms with Gasteiger partial charge in [0, 0.05) is 0 Å². The second-order valence-corrected chi connectivity index (χ2v) is 0.224. The molecule has 0 aromatic heterocycles. The summed E-state index contributed by atoms with van der Waals surface area (Å²) in [7, 11) is 0. The van der Waals surface area contributed by atoms with E-state index in [-0.39, 0.29) is 8.41 Å². The summed E-state index contributed by atoms with van der Waals surface area (Å²) in [6.45, 7) is 0. The molecule has 0 radical (unpaired) electrons. The molecule has 0 heterocycles. The number of hydrogen-bond donors (Lipinski definition) is 0. The summed E-state index contributed by atoms with van der Waals surface area (Å²) in [6, 6.07) is 2.47. The van der Waals surface area contributed by atoms with Gasteiger partial charge in [0.2, 0.25) is 0 Å². The molecule has 0 aliphatic heterocycles. The van der Waals surface area contributed by atoms with Crippen molar-refractivity contribution in [1.82, 2.24) is 0 Å². The quantitative estimate of drug-likeness (QED) is 0.335. The van der Waals surface area contributed by atoms with Gasteiger partial charge in [-0.1, -0.05) is 0 Å². The minimum atomic E-state index is 0. The van der Waals surface area contributed by atoms with Crippen molar-refractivity contribution in [2.45, 2.75) is 0 Å². The van der Waals surface area contributed by atoms with E-state index < -0.39 is 0 Å². The third-order valence-electron chi connectivity index (χ3n) is 0.0500. The van der Waals surface area contributed by atoms with Crippen molar-refractivity contribution in [3.63, 3.8) is 0 Å². The summed E-state index contributed by atoms with van der Waals surface area (Å²) in [5, 5.41) is 14.5. The first-order valence-corrected chi connectivity index (χ1v) is 0.697. The molecule has 24 valence electrons. The molecule has 0 saturated heterocycles. The van der Waals surface area contributed by atoms with Crippen LogP contribution in [0.4, 0.5) is 0 Å². The van der Waals surface area contributed by atoms with E-state index in [0.717, 1.165) is 0 Å². The van der Waals surface area contributed by atoms with Crippen LogP contribution in [-0.2, 0) is 0 Å². The Morgan fingerprint density at radius 2 is 1.20 bits per heavy atom. The van der Waals surface area contributed by atoms with Crippen molar-refractivity contribution < 1.29 is 0 Å². The first-order valence-electron chi connectivity index (χ1n) is 0.697. The Morgan fingerprint density at radius 1 is 1.00 bits per heavy atom. The molecule has 0 aromatic carbocycles. The maximum absolute atomic E-state index is 7.26. The summed E-state index contributed by atoms with van der Waals surface area (Å²) in [5.74, 6) is 0. The van der Waals surface area contributed by atoms with Gasteiger partial charge in [0.05, 0.1) is 8.41 Å². The monoisotopic (exact) mass is 66.0 g/mol. The molecular formula is C2H3BN2. The SMILES string of the molecule is B.N#CC#N. The highest BCUT2D eigenvalue weighted by Gasteiger charge is 1.39. The fourth-order valence-electron chi connectivity index (χ4n) is 0. The van der Waals surface area contributed by atoms with Gasteiger partial charge in [-0.05, 0) is 0 Å². The highest BCUT2D eigenvalue weighted by atomic mass is 14.3. The van der Waals surface area contributed by atoms with E-state index in [1.165, 1.54) is 12.1 Å². The molecule has 0 aromatic rings. The van der Waals surface area contributed by atoms with Gasteiger partial charge in [-0.25, -0.2) is 0 Å². The van der Waals surface area contributed by atoms with Gasteiger partial charge in [-0.2, -0.15) is 10.5 Å². The number of rotatable bonds is 0. The van der Waals surface area contributed by atoms with Crippen LogP contribution in [-0.4, -0.2) is 8.41 Å². The van der Waals surface area contributed by atoms with Gasteiger partial charge in [-0.15, -0.1) is 0 Å². The van der Waals surface area contributed by atoms with Gasteiger partial charge in [0.15, 0.2) is 12.1 Å². The second-order valence-electron chi connectivity index (χ2n) is 0.224. The highest BCUT2D eigenvalue weighted by molar-refractivity contribution is 5.75. The van der Waals surface area contributed by atoms with E-state index in [9.17, 15) is 0 Å². The lowest BCUT2D eigenvalue weighted by Crippen LogP contribution is -1.26. The van der Waals surface area contributed by atoms with Gasteiger partial charge in [-0.3, -0.25) is 0 Å². The zero-order chi connectivity index (χ0) is 3.41. The lowest BCUT2D eigenvalue weighted by atomic mass is 10.8. The summed E-state index contributed by atoms with van der Waals surface area (Å²) >= 11 is 0. The lowest BCUT2D eigenvalue weighted by Gasteiger charge is -1.16. The fourth-order valence-corrected chi connectivity index (χ4v) is 0. The number of nitrogens with zero attached hydrogens (tertiary/aromatic N) is 2. The lowest BCUT2D eigenvalue weighted by molar-refractivity contribution is 1.49. The average molecular weight is 65.9 g/mol. The largest absolute Gasteiger partial charge is 0.181 e. The van der Waals surface area contributed by atoms with E-state index in [2.05, 4.69) is 0 Å². The minimum absolute atomic E-state index is 0. The molecule has 2 nitrogen and oxygen atoms in total. The van der Waals surface area contributed by atoms with Crippen molar-refractivity contribution >= 4 is 8.41 Å². The minimum Gasteiger partial charge on any atom is -0.181 e. The van der Waals surface area contributed by atoms with E-state index in [0.29, 0.717) is 0 Å². The molecular weight excluding hydrogens is 62.8 g/mol. The molecule has 0 amide bonds. The smallest absolute Gasteiger partial charge is 0.181 e. The first kappa shape index (κ1) is 8.97. The second kappa shape index (κ2) is 11.7. The Kier molecular flexibility index (Phi) is 20.9. The summed E-state index contributed by atoms with van der Waals surface area (Å²) in [6.07, 6.45) is 0. The van der Waals surface area contributed by atoms with Crippen molar-refractivity contribution in [2.24, 2.45) is 0 Å². The average Bonchev–Trinajstić information content (AvgIpc) is 1.37. The van der Waals surface area contributed by atoms with Crippen LogP contribution in [0.3, 0.4) is 0 Å². The Hall–Kier alpha value is -0.955. The molecule has 0 saturated carbocycles. The molecule has 3 heteroatoms. The van der Waals surface area contributed by atoms with E-state index >= 15 is 0 Å². The fraction of sp³-hybridized carbons (Fsp3) is 0. The number of nitriles is 2. The third-order valence-corrected chi connectivity index (χ3v) is 0.0500. The molecule has 0 fully saturated rings. The normalized spacial score (nSPS) is 2.00. The van der Waals surface area contributed by atoms with Crippen molar-refractivity contribution in [2.75, 3.05) is 0 Å². The van der Waals surface area contributed by atoms with Crippen molar-refractivity contribution in [3.05, 3.63) is 0 Å². The zero-order valence-corrected chi connectivity index (χ0v) is 1.89. The predicted molar refractivity (Wildman–Crippen MR) is 21.2 cm³/mol. The molecule has 0 aliphatic rings. The van der Waals surface area contributed by atoms with Crippen LogP contribution in [0.5, 0.6) is 0 Å². The van der Waals surface area contributed by atoms with Crippen LogP contribution in [0.25, 0.3) is 0 Å². The van der Waals surface area contributed by atoms with Crippen LogP contribution in [0.1, 0.15) is 0 Å². The molecule has 0 atom stereocenters. The van der Waals surface area contributed by atoms with Crippen LogP contribution in [0.2, 0.25) is 0 Å². The maximum atomic E-state index is 7.26. The Bertz CT molecular complexity index is 62.6. The molecule has 5 heavy (non-hydrogen) atoms. The van der Waals surface area contributed by atoms with E-state index in [1.807, 2.05) is 0 Å². The highest BCUT2D eigenvalue weighted by Crippen LogP contribution is 1.27. The van der Waals surface area contributed by atoms with Crippen molar-refractivity contribution in [3.8, 4) is 12.1 Å². The van der Waals surface area contributed by atoms with Crippen LogP contribution in [0.15, 0.2) is 0 Å². The van der Waals surface area contributed by atoms with E-state index in [4.69, 9.17) is 10.5 Å². The molecule has 0 rings (SSSR count). The van der Waals surface area contributed by atoms with Gasteiger partial charge < -0.3 is 0 Å². The van der Waals surface area contributed by atoms with Crippen LogP contribution in [0, 0.1) is 22.7 Å². The maximum Gasteiger partial charge on any atom is 0.181 e. The first-order chi connectivity index (χ1) is 1.91. The third kappa shape index (κ3) is 1650. The van der Waals surface area contributed by atoms with Gasteiger partial charge in [0.25, 0.3) is 0 Å². The summed E-state index contributed by atoms with van der Waals surface area (Å²) < 4.78 is 0. The zero-order valence-electron chi connectivity index (χ0n) is 1.89. The summed E-state index contributed by atoms with van der Waals surface area (Å²) in [4.78, 5) is 0. The van der Waals surface area contributed by atoms with Crippen LogP contribution < -0.4 is 0 Å². The molecule has 0 aliphatic carbocycles. The summed E-state index contributed by atoms with van der Waals surface area (Å²) in [5.41, 5.74) is 0. The standard InChI is InChI=1S/C2N2.BH3/c3-1-2-4;/h;1H3. The molecule has 0 N–H and O–H groups in total. The van der Waals surface area contributed by atoms with Gasteiger partial charge in [0.1, 0.15) is 0 Å². The molecule has 0 bridgehead atoms. The molecule has 0 spiro atoms. The van der Waals surface area contributed by atoms with Crippen molar-refractivity contribution in [1.29, 1.82) is 10.5 Å². The topological polar surface area (TPSA) is 47.6 Å². The Balaban J connectivity index is 0. The van der Waals surface area contributed by atoms with Crippen LogP contribution >= 0.6 is 0 Å². The Morgan fingerprint density at radius 3 is 1.20 bits per heavy atom. The number of hydrogen-bond acceptors (Lipinski definition) is 2. The van der Waals surface area contributed by atoms with Gasteiger partial charge >= 0.3 is 0 Å².